The Morgan fingerprint density at radius 1 is 1.03 bits per heavy atom. The van der Waals surface area contributed by atoms with Crippen LogP contribution in [0.5, 0.6) is 5.75 Å². The van der Waals surface area contributed by atoms with Crippen LogP contribution in [0.25, 0.3) is 11.1 Å². The molecule has 0 saturated carbocycles. The molecule has 1 atom stereocenters. The Morgan fingerprint density at radius 2 is 1.67 bits per heavy atom. The van der Waals surface area contributed by atoms with Crippen molar-refractivity contribution in [1.29, 1.82) is 0 Å². The van der Waals surface area contributed by atoms with Crippen molar-refractivity contribution in [2.24, 2.45) is 5.73 Å². The van der Waals surface area contributed by atoms with Gasteiger partial charge in [-0.25, -0.2) is 0 Å². The average Bonchev–Trinajstić information content (AvgIpc) is 3.18. The fraction of sp³-hybridized carbons (Fsp3) is 0.346. The van der Waals surface area contributed by atoms with Crippen LogP contribution in [0.1, 0.15) is 76.9 Å². The molecule has 1 amide bonds. The van der Waals surface area contributed by atoms with Crippen LogP contribution >= 0.6 is 11.3 Å². The van der Waals surface area contributed by atoms with E-state index in [1.54, 1.807) is 6.07 Å². The number of nitrogens with two attached hydrogens (primary N) is 1. The molecule has 158 valence electrons. The van der Waals surface area contributed by atoms with Gasteiger partial charge < -0.3 is 10.5 Å². The Morgan fingerprint density at radius 3 is 2.17 bits per heavy atom. The van der Waals surface area contributed by atoms with E-state index in [4.69, 9.17) is 10.5 Å². The molecule has 0 bridgehead atoms. The highest BCUT2D eigenvalue weighted by molar-refractivity contribution is 7.14. The van der Waals surface area contributed by atoms with Crippen molar-refractivity contribution >= 4 is 17.2 Å². The standard InChI is InChI=1S/C26H31NO2S/c1-6-7-22(23-12-13-24(30-23)26(27)28)29-21-14-17(4)25(18(5)15-21)20-10-8-19(9-11-20)16(2)3/h8-16,22H,6-7H2,1-5H3,(H2,27,28). The SMILES string of the molecule is CCCC(Oc1cc(C)c(-c2ccc(C(C)C)cc2)c(C)c1)c1ccc(C(N)=O)s1. The fourth-order valence-electron chi connectivity index (χ4n) is 3.83. The van der Waals surface area contributed by atoms with Gasteiger partial charge in [-0.2, -0.15) is 0 Å². The first-order valence-corrected chi connectivity index (χ1v) is 11.4. The summed E-state index contributed by atoms with van der Waals surface area (Å²) < 4.78 is 6.40. The molecule has 0 aliphatic rings. The van der Waals surface area contributed by atoms with Crippen molar-refractivity contribution in [2.75, 3.05) is 0 Å². The number of ether oxygens (including phenoxy) is 1. The van der Waals surface area contributed by atoms with Gasteiger partial charge in [0.2, 0.25) is 0 Å². The summed E-state index contributed by atoms with van der Waals surface area (Å²) in [5.41, 5.74) is 11.7. The fourth-order valence-corrected chi connectivity index (χ4v) is 4.75. The van der Waals surface area contributed by atoms with Gasteiger partial charge in [-0.05, 0) is 78.3 Å². The minimum absolute atomic E-state index is 0.0805. The van der Waals surface area contributed by atoms with Crippen LogP contribution in [0.2, 0.25) is 0 Å². The highest BCUT2D eigenvalue weighted by Crippen LogP contribution is 2.35. The second-order valence-electron chi connectivity index (χ2n) is 8.17. The quantitative estimate of drug-likeness (QED) is 0.419. The average molecular weight is 422 g/mol. The Labute approximate surface area is 183 Å². The van der Waals surface area contributed by atoms with Gasteiger partial charge in [-0.15, -0.1) is 11.3 Å². The lowest BCUT2D eigenvalue weighted by atomic mass is 9.93. The lowest BCUT2D eigenvalue weighted by Gasteiger charge is -2.20. The van der Waals surface area contributed by atoms with E-state index in [9.17, 15) is 4.79 Å². The van der Waals surface area contributed by atoms with Crippen molar-refractivity contribution in [3.63, 3.8) is 0 Å². The van der Waals surface area contributed by atoms with Gasteiger partial charge >= 0.3 is 0 Å². The molecule has 0 saturated heterocycles. The van der Waals surface area contributed by atoms with Gasteiger partial charge in [0.15, 0.2) is 0 Å². The molecule has 4 heteroatoms. The first kappa shape index (κ1) is 22.1. The summed E-state index contributed by atoms with van der Waals surface area (Å²) in [7, 11) is 0. The van der Waals surface area contributed by atoms with Gasteiger partial charge in [0.05, 0.1) is 4.88 Å². The van der Waals surface area contributed by atoms with E-state index < -0.39 is 0 Å². The number of benzene rings is 2. The summed E-state index contributed by atoms with van der Waals surface area (Å²) in [6, 6.07) is 16.8. The maximum absolute atomic E-state index is 11.5. The van der Waals surface area contributed by atoms with Crippen molar-refractivity contribution in [3.05, 3.63) is 75.0 Å². The van der Waals surface area contributed by atoms with Crippen LogP contribution in [0.4, 0.5) is 0 Å². The predicted octanol–water partition coefficient (Wildman–Crippen LogP) is 7.17. The number of primary amides is 1. The highest BCUT2D eigenvalue weighted by atomic mass is 32.1. The molecule has 0 fully saturated rings. The van der Waals surface area contributed by atoms with Gasteiger partial charge in [-0.3, -0.25) is 4.79 Å². The van der Waals surface area contributed by atoms with Gasteiger partial charge in [-0.1, -0.05) is 51.5 Å². The number of amides is 1. The Bertz CT molecular complexity index is 995. The van der Waals surface area contributed by atoms with Crippen LogP contribution in [0.15, 0.2) is 48.5 Å². The number of hydrogen-bond donors (Lipinski definition) is 1. The zero-order valence-electron chi connectivity index (χ0n) is 18.5. The molecule has 3 rings (SSSR count). The summed E-state index contributed by atoms with van der Waals surface area (Å²) in [5.74, 6) is 1.00. The predicted molar refractivity (Wildman–Crippen MR) is 127 cm³/mol. The molecule has 2 N–H and O–H groups in total. The molecule has 0 radical (unpaired) electrons. The summed E-state index contributed by atoms with van der Waals surface area (Å²) in [6.45, 7) is 10.8. The number of hydrogen-bond acceptors (Lipinski definition) is 3. The molecule has 1 aromatic heterocycles. The van der Waals surface area contributed by atoms with E-state index >= 15 is 0 Å². The van der Waals surface area contributed by atoms with Crippen LogP contribution in [0, 0.1) is 13.8 Å². The van der Waals surface area contributed by atoms with Gasteiger partial charge in [0.1, 0.15) is 11.9 Å². The van der Waals surface area contributed by atoms with E-state index in [0.29, 0.717) is 10.8 Å². The first-order chi connectivity index (χ1) is 14.3. The topological polar surface area (TPSA) is 52.3 Å². The molecule has 0 spiro atoms. The maximum Gasteiger partial charge on any atom is 0.258 e. The Kier molecular flexibility index (Phi) is 6.99. The van der Waals surface area contributed by atoms with E-state index in [2.05, 4.69) is 71.0 Å². The number of carbonyl (C=O) groups excluding carboxylic acids is 1. The molecule has 3 nitrogen and oxygen atoms in total. The molecule has 1 unspecified atom stereocenters. The van der Waals surface area contributed by atoms with E-state index in [1.807, 2.05) is 6.07 Å². The van der Waals surface area contributed by atoms with Crippen LogP contribution in [0.3, 0.4) is 0 Å². The molecule has 2 aromatic carbocycles. The van der Waals surface area contributed by atoms with Gasteiger partial charge in [0, 0.05) is 4.88 Å². The third-order valence-electron chi connectivity index (χ3n) is 5.39. The molecule has 0 aliphatic carbocycles. The van der Waals surface area contributed by atoms with E-state index in [0.717, 1.165) is 23.5 Å². The summed E-state index contributed by atoms with van der Waals surface area (Å²) in [6.07, 6.45) is 1.80. The summed E-state index contributed by atoms with van der Waals surface area (Å²) >= 11 is 1.42. The highest BCUT2D eigenvalue weighted by Gasteiger charge is 2.18. The van der Waals surface area contributed by atoms with E-state index in [1.165, 1.54) is 39.2 Å². The number of rotatable bonds is 8. The molecular weight excluding hydrogens is 390 g/mol. The summed E-state index contributed by atoms with van der Waals surface area (Å²) in [5, 5.41) is 0. The maximum atomic E-state index is 11.5. The largest absolute Gasteiger partial charge is 0.485 e. The van der Waals surface area contributed by atoms with Crippen molar-refractivity contribution in [3.8, 4) is 16.9 Å². The second-order valence-corrected chi connectivity index (χ2v) is 9.29. The third kappa shape index (κ3) is 4.93. The van der Waals surface area contributed by atoms with Crippen LogP contribution in [-0.4, -0.2) is 5.91 Å². The lowest BCUT2D eigenvalue weighted by Crippen LogP contribution is -2.08. The minimum Gasteiger partial charge on any atom is -0.485 e. The molecule has 0 aliphatic heterocycles. The second kappa shape index (κ2) is 9.48. The molecule has 30 heavy (non-hydrogen) atoms. The minimum atomic E-state index is -0.388. The number of carbonyl (C=O) groups is 1. The smallest absolute Gasteiger partial charge is 0.258 e. The Hall–Kier alpha value is -2.59. The van der Waals surface area contributed by atoms with Crippen molar-refractivity contribution in [2.45, 2.75) is 59.5 Å². The Balaban J connectivity index is 1.88. The zero-order chi connectivity index (χ0) is 21.8. The molecule has 3 aromatic rings. The molecule has 1 heterocycles. The van der Waals surface area contributed by atoms with Crippen molar-refractivity contribution < 1.29 is 9.53 Å². The summed E-state index contributed by atoms with van der Waals surface area (Å²) in [4.78, 5) is 13.1. The number of thiophene rings is 1. The first-order valence-electron chi connectivity index (χ1n) is 10.6. The van der Waals surface area contributed by atoms with Crippen LogP contribution < -0.4 is 10.5 Å². The van der Waals surface area contributed by atoms with E-state index in [-0.39, 0.29) is 12.0 Å². The zero-order valence-corrected chi connectivity index (χ0v) is 19.3. The lowest BCUT2D eigenvalue weighted by molar-refractivity contribution is 0.100. The van der Waals surface area contributed by atoms with Gasteiger partial charge in [0.25, 0.3) is 5.91 Å². The molecular formula is C26H31NO2S. The third-order valence-corrected chi connectivity index (χ3v) is 6.58. The number of aryl methyl sites for hydroxylation is 2. The van der Waals surface area contributed by atoms with Crippen LogP contribution in [-0.2, 0) is 0 Å². The monoisotopic (exact) mass is 421 g/mol. The van der Waals surface area contributed by atoms with Crippen molar-refractivity contribution in [1.82, 2.24) is 0 Å². The normalized spacial score (nSPS) is 12.2.